The molecule has 1 rings (SSSR count). The molecule has 5 nitrogen and oxygen atoms in total. The van der Waals surface area contributed by atoms with Gasteiger partial charge < -0.3 is 15.7 Å². The Labute approximate surface area is 108 Å². The molecule has 1 aliphatic rings. The second-order valence-electron chi connectivity index (χ2n) is 5.51. The predicted octanol–water partition coefficient (Wildman–Crippen LogP) is 1.98. The molecule has 18 heavy (non-hydrogen) atoms. The van der Waals surface area contributed by atoms with E-state index in [9.17, 15) is 9.59 Å². The van der Waals surface area contributed by atoms with Gasteiger partial charge in [0.05, 0.1) is 0 Å². The summed E-state index contributed by atoms with van der Waals surface area (Å²) in [7, 11) is 0. The van der Waals surface area contributed by atoms with E-state index in [4.69, 9.17) is 5.11 Å². The average molecular weight is 256 g/mol. The Morgan fingerprint density at radius 3 is 2.50 bits per heavy atom. The Hall–Kier alpha value is -1.26. The number of urea groups is 1. The highest BCUT2D eigenvalue weighted by Gasteiger charge is 2.30. The van der Waals surface area contributed by atoms with Crippen molar-refractivity contribution in [2.24, 2.45) is 11.8 Å². The van der Waals surface area contributed by atoms with Gasteiger partial charge in [0.15, 0.2) is 0 Å². The second kappa shape index (κ2) is 7.24. The van der Waals surface area contributed by atoms with E-state index in [0.29, 0.717) is 24.8 Å². The van der Waals surface area contributed by atoms with Gasteiger partial charge in [0, 0.05) is 6.54 Å². The molecule has 1 saturated carbocycles. The highest BCUT2D eigenvalue weighted by Crippen LogP contribution is 2.33. The lowest BCUT2D eigenvalue weighted by atomic mass is 10.1. The number of rotatable bonds is 8. The third kappa shape index (κ3) is 6.47. The SMILES string of the molecule is CC(C)CCCNC(=O)N[C@@H](CC1CC1)C(=O)O. The number of nitrogens with one attached hydrogen (secondary N) is 2. The number of hydrogen-bond acceptors (Lipinski definition) is 2. The number of carboxylic acids is 1. The zero-order chi connectivity index (χ0) is 13.5. The van der Waals surface area contributed by atoms with Crippen molar-refractivity contribution < 1.29 is 14.7 Å². The van der Waals surface area contributed by atoms with Crippen molar-refractivity contribution in [1.29, 1.82) is 0 Å². The van der Waals surface area contributed by atoms with Crippen LogP contribution in [0.2, 0.25) is 0 Å². The molecule has 0 spiro atoms. The van der Waals surface area contributed by atoms with E-state index < -0.39 is 12.0 Å². The molecule has 0 unspecified atom stereocenters. The molecule has 5 heteroatoms. The summed E-state index contributed by atoms with van der Waals surface area (Å²) in [5.74, 6) is 0.156. The molecule has 2 amide bonds. The monoisotopic (exact) mass is 256 g/mol. The molecule has 0 heterocycles. The Kier molecular flexibility index (Phi) is 5.95. The number of carboxylic acid groups (broad SMARTS) is 1. The second-order valence-corrected chi connectivity index (χ2v) is 5.51. The summed E-state index contributed by atoms with van der Waals surface area (Å²) in [5, 5.41) is 14.2. The summed E-state index contributed by atoms with van der Waals surface area (Å²) in [6, 6.07) is -1.12. The predicted molar refractivity (Wildman–Crippen MR) is 69.4 cm³/mol. The van der Waals surface area contributed by atoms with Gasteiger partial charge in [0.1, 0.15) is 6.04 Å². The molecule has 0 aromatic heterocycles. The molecule has 0 aliphatic heterocycles. The van der Waals surface area contributed by atoms with Crippen molar-refractivity contribution in [3.05, 3.63) is 0 Å². The lowest BCUT2D eigenvalue weighted by Gasteiger charge is -2.15. The van der Waals surface area contributed by atoms with Crippen molar-refractivity contribution in [1.82, 2.24) is 10.6 Å². The average Bonchev–Trinajstić information content (AvgIpc) is 3.07. The third-order valence-corrected chi connectivity index (χ3v) is 3.11. The smallest absolute Gasteiger partial charge is 0.326 e. The molecule has 3 N–H and O–H groups in total. The minimum Gasteiger partial charge on any atom is -0.480 e. The summed E-state index contributed by atoms with van der Waals surface area (Å²) in [6.45, 7) is 4.87. The Morgan fingerprint density at radius 2 is 2.00 bits per heavy atom. The molecule has 0 aromatic rings. The maximum Gasteiger partial charge on any atom is 0.326 e. The fourth-order valence-electron chi connectivity index (χ4n) is 1.83. The van der Waals surface area contributed by atoms with Gasteiger partial charge in [-0.05, 0) is 31.1 Å². The molecular weight excluding hydrogens is 232 g/mol. The van der Waals surface area contributed by atoms with E-state index in [2.05, 4.69) is 24.5 Å². The van der Waals surface area contributed by atoms with Gasteiger partial charge in [0.25, 0.3) is 0 Å². The number of carbonyl (C=O) groups excluding carboxylic acids is 1. The standard InChI is InChI=1S/C13H24N2O3/c1-9(2)4-3-7-14-13(18)15-11(12(16)17)8-10-5-6-10/h9-11H,3-8H2,1-2H3,(H,16,17)(H2,14,15,18)/t11-/m0/s1. The Bertz CT molecular complexity index is 288. The Balaban J connectivity index is 2.17. The summed E-state index contributed by atoms with van der Waals surface area (Å²) in [6.07, 6.45) is 4.70. The summed E-state index contributed by atoms with van der Waals surface area (Å²) in [4.78, 5) is 22.5. The first-order chi connectivity index (χ1) is 8.49. The van der Waals surface area contributed by atoms with Crippen molar-refractivity contribution in [3.8, 4) is 0 Å². The minimum absolute atomic E-state index is 0.369. The first-order valence-corrected chi connectivity index (χ1v) is 6.76. The van der Waals surface area contributed by atoms with Gasteiger partial charge in [-0.2, -0.15) is 0 Å². The van der Waals surface area contributed by atoms with Gasteiger partial charge in [-0.3, -0.25) is 0 Å². The van der Waals surface area contributed by atoms with Crippen molar-refractivity contribution in [2.45, 2.75) is 52.0 Å². The van der Waals surface area contributed by atoms with Crippen LogP contribution in [0, 0.1) is 11.8 Å². The number of amides is 2. The van der Waals surface area contributed by atoms with Crippen LogP contribution in [0.3, 0.4) is 0 Å². The molecule has 0 bridgehead atoms. The largest absolute Gasteiger partial charge is 0.480 e. The molecule has 0 aromatic carbocycles. The van der Waals surface area contributed by atoms with E-state index in [1.54, 1.807) is 0 Å². The van der Waals surface area contributed by atoms with Gasteiger partial charge >= 0.3 is 12.0 Å². The van der Waals surface area contributed by atoms with E-state index in [1.165, 1.54) is 0 Å². The molecule has 104 valence electrons. The van der Waals surface area contributed by atoms with Gasteiger partial charge in [-0.1, -0.05) is 26.7 Å². The number of hydrogen-bond donors (Lipinski definition) is 3. The minimum atomic E-state index is -0.945. The first-order valence-electron chi connectivity index (χ1n) is 6.76. The summed E-state index contributed by atoms with van der Waals surface area (Å²) < 4.78 is 0. The van der Waals surface area contributed by atoms with Crippen LogP contribution in [0.25, 0.3) is 0 Å². The van der Waals surface area contributed by atoms with E-state index >= 15 is 0 Å². The van der Waals surface area contributed by atoms with Crippen LogP contribution in [0.1, 0.15) is 46.0 Å². The molecule has 1 atom stereocenters. The van der Waals surface area contributed by atoms with Crippen LogP contribution in [0.4, 0.5) is 4.79 Å². The lowest BCUT2D eigenvalue weighted by Crippen LogP contribution is -2.46. The third-order valence-electron chi connectivity index (χ3n) is 3.11. The van der Waals surface area contributed by atoms with Crippen molar-refractivity contribution >= 4 is 12.0 Å². The lowest BCUT2D eigenvalue weighted by molar-refractivity contribution is -0.139. The molecular formula is C13H24N2O3. The van der Waals surface area contributed by atoms with Crippen LogP contribution in [0.5, 0.6) is 0 Å². The molecule has 0 radical (unpaired) electrons. The fraction of sp³-hybridized carbons (Fsp3) is 0.846. The molecule has 0 saturated heterocycles. The zero-order valence-corrected chi connectivity index (χ0v) is 11.2. The summed E-state index contributed by atoms with van der Waals surface area (Å²) in [5.41, 5.74) is 0. The van der Waals surface area contributed by atoms with Crippen molar-refractivity contribution in [3.63, 3.8) is 0 Å². The van der Waals surface area contributed by atoms with Gasteiger partial charge in [0.2, 0.25) is 0 Å². The van der Waals surface area contributed by atoms with Crippen LogP contribution in [0.15, 0.2) is 0 Å². The van der Waals surface area contributed by atoms with Gasteiger partial charge in [-0.25, -0.2) is 9.59 Å². The normalized spacial score (nSPS) is 16.4. The number of carbonyl (C=O) groups is 2. The summed E-state index contributed by atoms with van der Waals surface area (Å²) >= 11 is 0. The van der Waals surface area contributed by atoms with Crippen LogP contribution in [-0.4, -0.2) is 29.7 Å². The highest BCUT2D eigenvalue weighted by atomic mass is 16.4. The van der Waals surface area contributed by atoms with Crippen LogP contribution >= 0.6 is 0 Å². The van der Waals surface area contributed by atoms with Crippen molar-refractivity contribution in [2.75, 3.05) is 6.54 Å². The quantitative estimate of drug-likeness (QED) is 0.581. The zero-order valence-electron chi connectivity index (χ0n) is 11.2. The first kappa shape index (κ1) is 14.8. The van der Waals surface area contributed by atoms with Gasteiger partial charge in [-0.15, -0.1) is 0 Å². The maximum absolute atomic E-state index is 11.5. The van der Waals surface area contributed by atoms with Crippen LogP contribution < -0.4 is 10.6 Å². The molecule has 1 aliphatic carbocycles. The fourth-order valence-corrected chi connectivity index (χ4v) is 1.83. The van der Waals surface area contributed by atoms with Crippen LogP contribution in [-0.2, 0) is 4.79 Å². The van der Waals surface area contributed by atoms with E-state index in [0.717, 1.165) is 25.7 Å². The topological polar surface area (TPSA) is 78.4 Å². The van der Waals surface area contributed by atoms with E-state index in [-0.39, 0.29) is 6.03 Å². The number of aliphatic carboxylic acids is 1. The molecule has 1 fully saturated rings. The Morgan fingerprint density at radius 1 is 1.33 bits per heavy atom. The maximum atomic E-state index is 11.5. The highest BCUT2D eigenvalue weighted by molar-refractivity contribution is 5.82. The van der Waals surface area contributed by atoms with E-state index in [1.807, 2.05) is 0 Å².